The molecule has 4 nitrogen and oxygen atoms in total. The van der Waals surface area contributed by atoms with Gasteiger partial charge in [-0.2, -0.15) is 0 Å². The molecule has 3 saturated heterocycles. The Bertz CT molecular complexity index is 324. The van der Waals surface area contributed by atoms with E-state index in [0.717, 1.165) is 18.1 Å². The first-order valence-corrected chi connectivity index (χ1v) is 10.5. The summed E-state index contributed by atoms with van der Waals surface area (Å²) < 4.78 is 0. The molecule has 0 bridgehead atoms. The standard InChI is InChI=1S/C20H40N4/c1-17(2)21-9-5-19(6-10-21)23-11-7-20(8-12-23)24-15-13-22(14-16-24)18(3)4/h17-20H,5-16H2,1-4H3. The minimum absolute atomic E-state index is 0.714. The van der Waals surface area contributed by atoms with Gasteiger partial charge in [0.2, 0.25) is 0 Å². The zero-order valence-electron chi connectivity index (χ0n) is 16.6. The highest BCUT2D eigenvalue weighted by molar-refractivity contribution is 4.88. The van der Waals surface area contributed by atoms with Crippen LogP contribution in [0.5, 0.6) is 0 Å². The lowest BCUT2D eigenvalue weighted by atomic mass is 9.96. The van der Waals surface area contributed by atoms with Crippen molar-refractivity contribution in [1.82, 2.24) is 19.6 Å². The summed E-state index contributed by atoms with van der Waals surface area (Å²) >= 11 is 0. The topological polar surface area (TPSA) is 13.0 Å². The van der Waals surface area contributed by atoms with Gasteiger partial charge in [0.1, 0.15) is 0 Å². The summed E-state index contributed by atoms with van der Waals surface area (Å²) in [6, 6.07) is 3.15. The number of rotatable bonds is 4. The number of hydrogen-bond donors (Lipinski definition) is 0. The average molecular weight is 337 g/mol. The van der Waals surface area contributed by atoms with Gasteiger partial charge in [0.25, 0.3) is 0 Å². The van der Waals surface area contributed by atoms with Crippen molar-refractivity contribution >= 4 is 0 Å². The Kier molecular flexibility index (Phi) is 6.58. The van der Waals surface area contributed by atoms with Crippen LogP contribution in [0.1, 0.15) is 53.4 Å². The molecule has 0 spiro atoms. The second kappa shape index (κ2) is 8.48. The van der Waals surface area contributed by atoms with Gasteiger partial charge < -0.3 is 9.80 Å². The monoisotopic (exact) mass is 336 g/mol. The van der Waals surface area contributed by atoms with E-state index in [9.17, 15) is 0 Å². The number of piperidine rings is 2. The zero-order chi connectivity index (χ0) is 17.1. The van der Waals surface area contributed by atoms with Crippen LogP contribution >= 0.6 is 0 Å². The zero-order valence-corrected chi connectivity index (χ0v) is 16.6. The lowest BCUT2D eigenvalue weighted by Crippen LogP contribution is -2.56. The maximum absolute atomic E-state index is 2.82. The molecule has 3 aliphatic heterocycles. The van der Waals surface area contributed by atoms with Crippen molar-refractivity contribution in [2.75, 3.05) is 52.4 Å². The molecule has 0 aliphatic carbocycles. The van der Waals surface area contributed by atoms with Crippen LogP contribution in [0.2, 0.25) is 0 Å². The van der Waals surface area contributed by atoms with Gasteiger partial charge in [0, 0.05) is 50.3 Å². The Labute approximate surface area is 150 Å². The van der Waals surface area contributed by atoms with Crippen LogP contribution in [-0.4, -0.2) is 96.1 Å². The predicted octanol–water partition coefficient (Wildman–Crippen LogP) is 2.35. The van der Waals surface area contributed by atoms with Crippen LogP contribution in [0, 0.1) is 0 Å². The minimum Gasteiger partial charge on any atom is -0.301 e. The van der Waals surface area contributed by atoms with Gasteiger partial charge in [-0.15, -0.1) is 0 Å². The normalized spacial score (nSPS) is 28.2. The van der Waals surface area contributed by atoms with Gasteiger partial charge >= 0.3 is 0 Å². The molecule has 3 heterocycles. The van der Waals surface area contributed by atoms with Crippen molar-refractivity contribution in [3.8, 4) is 0 Å². The first-order chi connectivity index (χ1) is 11.5. The summed E-state index contributed by atoms with van der Waals surface area (Å²) in [7, 11) is 0. The van der Waals surface area contributed by atoms with Gasteiger partial charge in [0.15, 0.2) is 0 Å². The first kappa shape index (κ1) is 18.6. The highest BCUT2D eigenvalue weighted by atomic mass is 15.3. The van der Waals surface area contributed by atoms with E-state index in [2.05, 4.69) is 47.3 Å². The fourth-order valence-electron chi connectivity index (χ4n) is 5.00. The number of nitrogens with zero attached hydrogens (tertiary/aromatic N) is 4. The van der Waals surface area contributed by atoms with E-state index in [1.165, 1.54) is 78.0 Å². The lowest BCUT2D eigenvalue weighted by molar-refractivity contribution is 0.0251. The molecule has 3 fully saturated rings. The van der Waals surface area contributed by atoms with E-state index in [1.807, 2.05) is 0 Å². The van der Waals surface area contributed by atoms with E-state index >= 15 is 0 Å². The second-order valence-corrected chi connectivity index (χ2v) is 8.79. The summed E-state index contributed by atoms with van der Waals surface area (Å²) in [6.45, 7) is 19.7. The van der Waals surface area contributed by atoms with Crippen molar-refractivity contribution in [1.29, 1.82) is 0 Å². The molecule has 4 heteroatoms. The highest BCUT2D eigenvalue weighted by Crippen LogP contribution is 2.24. The molecule has 3 rings (SSSR count). The Balaban J connectivity index is 1.39. The van der Waals surface area contributed by atoms with Gasteiger partial charge in [-0.1, -0.05) is 0 Å². The van der Waals surface area contributed by atoms with E-state index in [-0.39, 0.29) is 0 Å². The summed E-state index contributed by atoms with van der Waals surface area (Å²) in [5, 5.41) is 0. The number of hydrogen-bond acceptors (Lipinski definition) is 4. The van der Waals surface area contributed by atoms with Crippen molar-refractivity contribution in [3.63, 3.8) is 0 Å². The quantitative estimate of drug-likeness (QED) is 0.781. The molecule has 0 unspecified atom stereocenters. The molecular formula is C20H40N4. The Morgan fingerprint density at radius 3 is 1.33 bits per heavy atom. The first-order valence-electron chi connectivity index (χ1n) is 10.5. The van der Waals surface area contributed by atoms with Gasteiger partial charge in [-0.05, 0) is 79.6 Å². The van der Waals surface area contributed by atoms with Crippen LogP contribution in [0.4, 0.5) is 0 Å². The summed E-state index contributed by atoms with van der Waals surface area (Å²) in [4.78, 5) is 10.9. The summed E-state index contributed by atoms with van der Waals surface area (Å²) in [6.07, 6.45) is 5.56. The Morgan fingerprint density at radius 2 is 0.875 bits per heavy atom. The van der Waals surface area contributed by atoms with Gasteiger partial charge in [0.05, 0.1) is 0 Å². The maximum atomic E-state index is 2.82. The molecule has 140 valence electrons. The van der Waals surface area contributed by atoms with Crippen LogP contribution in [0.15, 0.2) is 0 Å². The van der Waals surface area contributed by atoms with Crippen molar-refractivity contribution in [2.24, 2.45) is 0 Å². The van der Waals surface area contributed by atoms with Crippen LogP contribution in [0.25, 0.3) is 0 Å². The molecule has 24 heavy (non-hydrogen) atoms. The van der Waals surface area contributed by atoms with Gasteiger partial charge in [-0.25, -0.2) is 0 Å². The van der Waals surface area contributed by atoms with Crippen molar-refractivity contribution < 1.29 is 0 Å². The van der Waals surface area contributed by atoms with Crippen molar-refractivity contribution in [3.05, 3.63) is 0 Å². The minimum atomic E-state index is 0.714. The third-order valence-corrected chi connectivity index (χ3v) is 6.84. The van der Waals surface area contributed by atoms with E-state index < -0.39 is 0 Å². The molecule has 0 aromatic rings. The van der Waals surface area contributed by atoms with Crippen LogP contribution in [0.3, 0.4) is 0 Å². The van der Waals surface area contributed by atoms with E-state index in [4.69, 9.17) is 0 Å². The maximum Gasteiger partial charge on any atom is 0.0121 e. The molecule has 0 atom stereocenters. The second-order valence-electron chi connectivity index (χ2n) is 8.79. The smallest absolute Gasteiger partial charge is 0.0121 e. The number of piperazine rings is 1. The summed E-state index contributed by atoms with van der Waals surface area (Å²) in [5.41, 5.74) is 0. The van der Waals surface area contributed by atoms with Crippen LogP contribution < -0.4 is 0 Å². The molecule has 0 aromatic carbocycles. The van der Waals surface area contributed by atoms with Crippen molar-refractivity contribution in [2.45, 2.75) is 77.5 Å². The third kappa shape index (κ3) is 4.51. The largest absolute Gasteiger partial charge is 0.301 e. The molecular weight excluding hydrogens is 296 g/mol. The lowest BCUT2D eigenvalue weighted by Gasteiger charge is -2.46. The third-order valence-electron chi connectivity index (χ3n) is 6.84. The molecule has 0 saturated carbocycles. The Hall–Kier alpha value is -0.160. The van der Waals surface area contributed by atoms with E-state index in [0.29, 0.717) is 6.04 Å². The van der Waals surface area contributed by atoms with Crippen LogP contribution in [-0.2, 0) is 0 Å². The van der Waals surface area contributed by atoms with Gasteiger partial charge in [-0.3, -0.25) is 9.80 Å². The number of likely N-dealkylation sites (tertiary alicyclic amines) is 2. The highest BCUT2D eigenvalue weighted by Gasteiger charge is 2.32. The SMILES string of the molecule is CC(C)N1CCC(N2CCC(N3CCN(C(C)C)CC3)CC2)CC1. The van der Waals surface area contributed by atoms with E-state index in [1.54, 1.807) is 0 Å². The molecule has 0 amide bonds. The molecule has 0 radical (unpaired) electrons. The predicted molar refractivity (Wildman–Crippen MR) is 103 cm³/mol. The fraction of sp³-hybridized carbons (Fsp3) is 1.00. The molecule has 3 aliphatic rings. The summed E-state index contributed by atoms with van der Waals surface area (Å²) in [5.74, 6) is 0. The molecule has 0 N–H and O–H groups in total. The fourth-order valence-corrected chi connectivity index (χ4v) is 5.00. The molecule has 0 aromatic heterocycles. The Morgan fingerprint density at radius 1 is 0.500 bits per heavy atom. The average Bonchev–Trinajstić information content (AvgIpc) is 2.62.